The van der Waals surface area contributed by atoms with Crippen molar-refractivity contribution in [3.63, 3.8) is 0 Å². The second-order valence-electron chi connectivity index (χ2n) is 5.24. The molecule has 3 aromatic rings. The fourth-order valence-electron chi connectivity index (χ4n) is 2.23. The third-order valence-electron chi connectivity index (χ3n) is 3.41. The average Bonchev–Trinajstić information content (AvgIpc) is 2.66. The van der Waals surface area contributed by atoms with E-state index in [1.165, 1.54) is 7.11 Å². The minimum absolute atomic E-state index is 0.0366. The zero-order chi connectivity index (χ0) is 18.4. The van der Waals surface area contributed by atoms with Crippen molar-refractivity contribution < 1.29 is 14.3 Å². The molecule has 0 saturated heterocycles. The van der Waals surface area contributed by atoms with Gasteiger partial charge in [-0.25, -0.2) is 0 Å². The number of nitrogens with zero attached hydrogens (tertiary/aromatic N) is 3. The minimum Gasteiger partial charge on any atom is -0.493 e. The van der Waals surface area contributed by atoms with E-state index in [1.807, 2.05) is 30.3 Å². The maximum absolute atomic E-state index is 10.9. The molecule has 132 valence electrons. The Balaban J connectivity index is 1.77. The van der Waals surface area contributed by atoms with Crippen LogP contribution in [0.4, 0.5) is 17.6 Å². The number of nitrogens with two attached hydrogens (primary N) is 1. The molecular formula is C18H17N5O3. The Morgan fingerprint density at radius 2 is 1.88 bits per heavy atom. The topological polar surface area (TPSA) is 112 Å². The lowest BCUT2D eigenvalue weighted by Crippen LogP contribution is -2.09. The van der Waals surface area contributed by atoms with Crippen molar-refractivity contribution in [2.24, 2.45) is 0 Å². The molecule has 26 heavy (non-hydrogen) atoms. The molecule has 0 atom stereocenters. The molecule has 3 N–H and O–H groups in total. The number of methoxy groups -OCH3 is 1. The van der Waals surface area contributed by atoms with Crippen molar-refractivity contribution in [2.45, 2.75) is 6.61 Å². The Morgan fingerprint density at radius 1 is 1.08 bits per heavy atom. The second-order valence-corrected chi connectivity index (χ2v) is 5.24. The first-order chi connectivity index (χ1) is 12.7. The number of rotatable bonds is 7. The van der Waals surface area contributed by atoms with Crippen LogP contribution in [-0.2, 0) is 6.61 Å². The molecule has 0 amide bonds. The first-order valence-corrected chi connectivity index (χ1v) is 7.76. The highest BCUT2D eigenvalue weighted by Crippen LogP contribution is 2.28. The van der Waals surface area contributed by atoms with E-state index in [4.69, 9.17) is 15.2 Å². The number of anilines is 3. The van der Waals surface area contributed by atoms with Crippen molar-refractivity contribution in [1.29, 1.82) is 0 Å². The Bertz CT molecular complexity index is 903. The fraction of sp³-hybridized carbons (Fsp3) is 0.111. The highest BCUT2D eigenvalue weighted by molar-refractivity contribution is 5.76. The van der Waals surface area contributed by atoms with Gasteiger partial charge in [0.25, 0.3) is 0 Å². The van der Waals surface area contributed by atoms with Crippen LogP contribution in [0.1, 0.15) is 16.2 Å². The van der Waals surface area contributed by atoms with E-state index < -0.39 is 0 Å². The molecule has 0 unspecified atom stereocenters. The summed E-state index contributed by atoms with van der Waals surface area (Å²) >= 11 is 0. The van der Waals surface area contributed by atoms with Crippen LogP contribution in [0.5, 0.6) is 11.5 Å². The Labute approximate surface area is 150 Å². The SMILES string of the molecule is COc1ccc(C=O)cc1OCc1nc(N)nc(Nc2ccccc2)n1. The highest BCUT2D eigenvalue weighted by Gasteiger charge is 2.09. The number of aromatic nitrogens is 3. The smallest absolute Gasteiger partial charge is 0.232 e. The van der Waals surface area contributed by atoms with Crippen LogP contribution in [0.3, 0.4) is 0 Å². The second kappa shape index (κ2) is 7.93. The Hall–Kier alpha value is -3.68. The summed E-state index contributed by atoms with van der Waals surface area (Å²) in [6.45, 7) is 0.0366. The predicted molar refractivity (Wildman–Crippen MR) is 96.7 cm³/mol. The van der Waals surface area contributed by atoms with Crippen LogP contribution in [0, 0.1) is 0 Å². The van der Waals surface area contributed by atoms with Gasteiger partial charge in [-0.3, -0.25) is 4.79 Å². The van der Waals surface area contributed by atoms with Crippen molar-refractivity contribution in [2.75, 3.05) is 18.2 Å². The van der Waals surface area contributed by atoms with Crippen molar-refractivity contribution in [3.8, 4) is 11.5 Å². The predicted octanol–water partition coefficient (Wildman–Crippen LogP) is 2.60. The summed E-state index contributed by atoms with van der Waals surface area (Å²) in [5.74, 6) is 1.64. The van der Waals surface area contributed by atoms with E-state index in [-0.39, 0.29) is 12.6 Å². The molecular weight excluding hydrogens is 334 g/mol. The molecule has 1 heterocycles. The summed E-state index contributed by atoms with van der Waals surface area (Å²) in [4.78, 5) is 23.4. The Kier molecular flexibility index (Phi) is 5.23. The zero-order valence-electron chi connectivity index (χ0n) is 14.0. The van der Waals surface area contributed by atoms with Gasteiger partial charge in [-0.05, 0) is 30.3 Å². The number of para-hydroxylation sites is 1. The molecule has 0 radical (unpaired) electrons. The standard InChI is InChI=1S/C18H17N5O3/c1-25-14-8-7-12(10-24)9-15(14)26-11-16-21-17(19)23-18(22-16)20-13-5-3-2-4-6-13/h2-10H,11H2,1H3,(H3,19,20,21,22,23). The molecule has 1 aromatic heterocycles. The van der Waals surface area contributed by atoms with Crippen LogP contribution in [0.15, 0.2) is 48.5 Å². The van der Waals surface area contributed by atoms with E-state index in [0.29, 0.717) is 28.8 Å². The Morgan fingerprint density at radius 3 is 2.62 bits per heavy atom. The number of aldehydes is 1. The summed E-state index contributed by atoms with van der Waals surface area (Å²) in [6.07, 6.45) is 0.731. The van der Waals surface area contributed by atoms with Crippen LogP contribution in [0.2, 0.25) is 0 Å². The summed E-state index contributed by atoms with van der Waals surface area (Å²) in [5, 5.41) is 3.06. The third-order valence-corrected chi connectivity index (χ3v) is 3.41. The summed E-state index contributed by atoms with van der Waals surface area (Å²) in [5.41, 5.74) is 7.05. The van der Waals surface area contributed by atoms with Crippen LogP contribution >= 0.6 is 0 Å². The van der Waals surface area contributed by atoms with E-state index in [0.717, 1.165) is 12.0 Å². The number of carbonyl (C=O) groups is 1. The van der Waals surface area contributed by atoms with E-state index in [1.54, 1.807) is 18.2 Å². The maximum atomic E-state index is 10.9. The molecule has 0 spiro atoms. The number of hydrogen-bond acceptors (Lipinski definition) is 8. The van der Waals surface area contributed by atoms with Gasteiger partial charge in [-0.1, -0.05) is 18.2 Å². The molecule has 8 heteroatoms. The van der Waals surface area contributed by atoms with Gasteiger partial charge in [-0.15, -0.1) is 0 Å². The summed E-state index contributed by atoms with van der Waals surface area (Å²) in [6, 6.07) is 14.3. The van der Waals surface area contributed by atoms with Crippen molar-refractivity contribution in [3.05, 3.63) is 59.9 Å². The van der Waals surface area contributed by atoms with E-state index >= 15 is 0 Å². The third kappa shape index (κ3) is 4.23. The number of nitrogen functional groups attached to an aromatic ring is 1. The highest BCUT2D eigenvalue weighted by atomic mass is 16.5. The molecule has 0 aliphatic carbocycles. The largest absolute Gasteiger partial charge is 0.493 e. The van der Waals surface area contributed by atoms with Crippen LogP contribution < -0.4 is 20.5 Å². The first kappa shape index (κ1) is 17.2. The zero-order valence-corrected chi connectivity index (χ0v) is 14.0. The van der Waals surface area contributed by atoms with Gasteiger partial charge in [-0.2, -0.15) is 15.0 Å². The summed E-state index contributed by atoms with van der Waals surface area (Å²) in [7, 11) is 1.52. The number of ether oxygens (including phenoxy) is 2. The number of benzene rings is 2. The summed E-state index contributed by atoms with van der Waals surface area (Å²) < 4.78 is 10.9. The lowest BCUT2D eigenvalue weighted by molar-refractivity contribution is 0.112. The van der Waals surface area contributed by atoms with Gasteiger partial charge >= 0.3 is 0 Å². The lowest BCUT2D eigenvalue weighted by atomic mass is 10.2. The van der Waals surface area contributed by atoms with Gasteiger partial charge < -0.3 is 20.5 Å². The quantitative estimate of drug-likeness (QED) is 0.625. The minimum atomic E-state index is 0.0366. The van der Waals surface area contributed by atoms with Gasteiger partial charge in [0.05, 0.1) is 7.11 Å². The number of nitrogens with one attached hydrogen (secondary N) is 1. The molecule has 3 rings (SSSR count). The number of carbonyl (C=O) groups excluding carboxylic acids is 1. The fourth-order valence-corrected chi connectivity index (χ4v) is 2.23. The van der Waals surface area contributed by atoms with Crippen molar-refractivity contribution >= 4 is 23.9 Å². The van der Waals surface area contributed by atoms with E-state index in [2.05, 4.69) is 20.3 Å². The van der Waals surface area contributed by atoms with Gasteiger partial charge in [0.2, 0.25) is 11.9 Å². The van der Waals surface area contributed by atoms with Gasteiger partial charge in [0.1, 0.15) is 12.9 Å². The molecule has 0 saturated carbocycles. The van der Waals surface area contributed by atoms with Gasteiger partial charge in [0.15, 0.2) is 17.3 Å². The maximum Gasteiger partial charge on any atom is 0.232 e. The van der Waals surface area contributed by atoms with Crippen LogP contribution in [0.25, 0.3) is 0 Å². The average molecular weight is 351 g/mol. The molecule has 2 aromatic carbocycles. The normalized spacial score (nSPS) is 10.2. The van der Waals surface area contributed by atoms with Crippen molar-refractivity contribution in [1.82, 2.24) is 15.0 Å². The number of hydrogen-bond donors (Lipinski definition) is 2. The monoisotopic (exact) mass is 351 g/mol. The first-order valence-electron chi connectivity index (χ1n) is 7.76. The van der Waals surface area contributed by atoms with E-state index in [9.17, 15) is 4.79 Å². The lowest BCUT2D eigenvalue weighted by Gasteiger charge is -2.11. The molecule has 8 nitrogen and oxygen atoms in total. The molecule has 0 aliphatic rings. The van der Waals surface area contributed by atoms with Crippen LogP contribution in [-0.4, -0.2) is 28.3 Å². The molecule has 0 bridgehead atoms. The van der Waals surface area contributed by atoms with Gasteiger partial charge in [0, 0.05) is 11.3 Å². The molecule has 0 fully saturated rings. The molecule has 0 aliphatic heterocycles.